The number of hydrogen-bond acceptors (Lipinski definition) is 2. The lowest BCUT2D eigenvalue weighted by molar-refractivity contribution is -0.160. The van der Waals surface area contributed by atoms with Crippen LogP contribution < -0.4 is 5.32 Å². The molecule has 4 heteroatoms. The number of hydrogen-bond donors (Lipinski definition) is 1. The number of benzene rings is 1. The van der Waals surface area contributed by atoms with Gasteiger partial charge in [0, 0.05) is 6.54 Å². The highest BCUT2D eigenvalue weighted by molar-refractivity contribution is 6.00. The van der Waals surface area contributed by atoms with E-state index in [1.807, 2.05) is 56.0 Å². The molecule has 1 aromatic rings. The Morgan fingerprint density at radius 2 is 1.74 bits per heavy atom. The van der Waals surface area contributed by atoms with Crippen LogP contribution in [0.3, 0.4) is 0 Å². The molecule has 3 rings (SSSR count). The molecule has 4 nitrogen and oxygen atoms in total. The lowest BCUT2D eigenvalue weighted by atomic mass is 9.80. The van der Waals surface area contributed by atoms with Crippen LogP contribution in [0.1, 0.15) is 52.0 Å². The fourth-order valence-electron chi connectivity index (χ4n) is 4.01. The average Bonchev–Trinajstić information content (AvgIpc) is 2.93. The van der Waals surface area contributed by atoms with Crippen molar-refractivity contribution >= 4 is 11.8 Å². The van der Waals surface area contributed by atoms with Crippen LogP contribution in [0.15, 0.2) is 30.3 Å². The Labute approximate surface area is 138 Å². The van der Waals surface area contributed by atoms with Crippen molar-refractivity contribution in [3.8, 4) is 0 Å². The summed E-state index contributed by atoms with van der Waals surface area (Å²) in [6.45, 7) is 6.57. The van der Waals surface area contributed by atoms with Crippen LogP contribution in [0.25, 0.3) is 0 Å². The van der Waals surface area contributed by atoms with Gasteiger partial charge in [0.15, 0.2) is 0 Å². The second-order valence-electron chi connectivity index (χ2n) is 7.97. The van der Waals surface area contributed by atoms with Gasteiger partial charge in [0.05, 0.1) is 0 Å². The maximum atomic E-state index is 13.3. The first-order chi connectivity index (χ1) is 10.8. The van der Waals surface area contributed by atoms with Gasteiger partial charge < -0.3 is 10.2 Å². The Kier molecular flexibility index (Phi) is 3.95. The maximum Gasteiger partial charge on any atom is 0.249 e. The largest absolute Gasteiger partial charge is 0.340 e. The molecular formula is C19H26N2O2. The third kappa shape index (κ3) is 2.87. The standard InChI is InChI=1S/C19H26N2O2/c1-18(2,3)15-16(22)20-19(11-7-8-12-19)17(23)21(15)13-14-9-5-4-6-10-14/h4-6,9-10,15H,7-8,11-13H2,1-3H3,(H,20,22). The number of piperazine rings is 1. The van der Waals surface area contributed by atoms with Gasteiger partial charge in [-0.05, 0) is 23.8 Å². The van der Waals surface area contributed by atoms with Crippen LogP contribution in [0, 0.1) is 5.41 Å². The SMILES string of the molecule is CC(C)(C)C1C(=O)NC2(CCCC2)C(=O)N1Cc1ccccc1. The van der Waals surface area contributed by atoms with Crippen LogP contribution in [0.5, 0.6) is 0 Å². The van der Waals surface area contributed by atoms with Crippen molar-refractivity contribution in [2.24, 2.45) is 5.41 Å². The molecule has 1 saturated heterocycles. The number of carbonyl (C=O) groups excluding carboxylic acids is 2. The van der Waals surface area contributed by atoms with Gasteiger partial charge in [0.1, 0.15) is 11.6 Å². The molecule has 2 fully saturated rings. The Morgan fingerprint density at radius 3 is 2.30 bits per heavy atom. The average molecular weight is 314 g/mol. The molecule has 1 N–H and O–H groups in total. The molecule has 0 bridgehead atoms. The molecular weight excluding hydrogens is 288 g/mol. The van der Waals surface area contributed by atoms with Crippen LogP contribution in [0.4, 0.5) is 0 Å². The van der Waals surface area contributed by atoms with E-state index in [-0.39, 0.29) is 17.2 Å². The van der Waals surface area contributed by atoms with E-state index in [4.69, 9.17) is 0 Å². The quantitative estimate of drug-likeness (QED) is 0.912. The summed E-state index contributed by atoms with van der Waals surface area (Å²) >= 11 is 0. The van der Waals surface area contributed by atoms with Crippen molar-refractivity contribution in [3.05, 3.63) is 35.9 Å². The van der Waals surface area contributed by atoms with Gasteiger partial charge in [-0.15, -0.1) is 0 Å². The zero-order valence-electron chi connectivity index (χ0n) is 14.3. The zero-order chi connectivity index (χ0) is 16.7. The molecule has 2 aliphatic rings. The molecule has 1 saturated carbocycles. The first kappa shape index (κ1) is 16.0. The third-order valence-electron chi connectivity index (χ3n) is 5.07. The molecule has 124 valence electrons. The molecule has 1 aliphatic carbocycles. The van der Waals surface area contributed by atoms with E-state index in [9.17, 15) is 9.59 Å². The Morgan fingerprint density at radius 1 is 1.13 bits per heavy atom. The first-order valence-corrected chi connectivity index (χ1v) is 8.50. The van der Waals surface area contributed by atoms with Crippen LogP contribution in [-0.4, -0.2) is 28.3 Å². The van der Waals surface area contributed by atoms with E-state index in [0.29, 0.717) is 6.54 Å². The van der Waals surface area contributed by atoms with Gasteiger partial charge in [-0.1, -0.05) is 63.9 Å². The highest BCUT2D eigenvalue weighted by Crippen LogP contribution is 2.38. The zero-order valence-corrected chi connectivity index (χ0v) is 14.3. The summed E-state index contributed by atoms with van der Waals surface area (Å²) < 4.78 is 0. The molecule has 1 aromatic carbocycles. The van der Waals surface area contributed by atoms with E-state index in [1.54, 1.807) is 0 Å². The highest BCUT2D eigenvalue weighted by Gasteiger charge is 2.54. The van der Waals surface area contributed by atoms with Gasteiger partial charge in [0.2, 0.25) is 11.8 Å². The normalized spacial score (nSPS) is 24.1. The summed E-state index contributed by atoms with van der Waals surface area (Å²) in [5, 5.41) is 3.08. The monoisotopic (exact) mass is 314 g/mol. The minimum Gasteiger partial charge on any atom is -0.340 e. The molecule has 2 amide bonds. The fraction of sp³-hybridized carbons (Fsp3) is 0.579. The van der Waals surface area contributed by atoms with Crippen molar-refractivity contribution < 1.29 is 9.59 Å². The minimum atomic E-state index is -0.659. The number of rotatable bonds is 2. The molecule has 1 unspecified atom stereocenters. The minimum absolute atomic E-state index is 0.00469. The summed E-state index contributed by atoms with van der Waals surface area (Å²) in [4.78, 5) is 27.9. The Bertz CT molecular complexity index is 598. The lowest BCUT2D eigenvalue weighted by Crippen LogP contribution is -2.71. The van der Waals surface area contributed by atoms with Crippen molar-refractivity contribution in [3.63, 3.8) is 0 Å². The summed E-state index contributed by atoms with van der Waals surface area (Å²) in [6.07, 6.45) is 3.54. The van der Waals surface area contributed by atoms with E-state index < -0.39 is 11.6 Å². The fourth-order valence-corrected chi connectivity index (χ4v) is 4.01. The van der Waals surface area contributed by atoms with Crippen LogP contribution in [-0.2, 0) is 16.1 Å². The van der Waals surface area contributed by atoms with E-state index >= 15 is 0 Å². The second-order valence-corrected chi connectivity index (χ2v) is 7.97. The highest BCUT2D eigenvalue weighted by atomic mass is 16.2. The molecule has 0 radical (unpaired) electrons. The molecule has 0 aromatic heterocycles. The van der Waals surface area contributed by atoms with Crippen molar-refractivity contribution in [2.45, 2.75) is 64.6 Å². The number of amides is 2. The Balaban J connectivity index is 1.97. The molecule has 1 spiro atoms. The van der Waals surface area contributed by atoms with Gasteiger partial charge in [-0.25, -0.2) is 0 Å². The summed E-state index contributed by atoms with van der Waals surface area (Å²) in [5.74, 6) is 0.0910. The molecule has 1 aliphatic heterocycles. The number of carbonyl (C=O) groups is 2. The predicted octanol–water partition coefficient (Wildman–Crippen LogP) is 2.87. The Hall–Kier alpha value is -1.84. The van der Waals surface area contributed by atoms with Crippen LogP contribution in [0.2, 0.25) is 0 Å². The first-order valence-electron chi connectivity index (χ1n) is 8.50. The van der Waals surface area contributed by atoms with Gasteiger partial charge in [0.25, 0.3) is 0 Å². The van der Waals surface area contributed by atoms with E-state index in [0.717, 1.165) is 31.2 Å². The lowest BCUT2D eigenvalue weighted by Gasteiger charge is -2.48. The van der Waals surface area contributed by atoms with Gasteiger partial charge in [-0.2, -0.15) is 0 Å². The summed E-state index contributed by atoms with van der Waals surface area (Å²) in [6, 6.07) is 9.51. The van der Waals surface area contributed by atoms with Crippen molar-refractivity contribution in [1.29, 1.82) is 0 Å². The number of nitrogens with zero attached hydrogens (tertiary/aromatic N) is 1. The van der Waals surface area contributed by atoms with Crippen molar-refractivity contribution in [2.75, 3.05) is 0 Å². The third-order valence-corrected chi connectivity index (χ3v) is 5.07. The maximum absolute atomic E-state index is 13.3. The summed E-state index contributed by atoms with van der Waals surface area (Å²) in [7, 11) is 0. The summed E-state index contributed by atoms with van der Waals surface area (Å²) in [5.41, 5.74) is 0.112. The van der Waals surface area contributed by atoms with Crippen molar-refractivity contribution in [1.82, 2.24) is 10.2 Å². The van der Waals surface area contributed by atoms with Gasteiger partial charge in [-0.3, -0.25) is 9.59 Å². The topological polar surface area (TPSA) is 49.4 Å². The van der Waals surface area contributed by atoms with Gasteiger partial charge >= 0.3 is 0 Å². The molecule has 23 heavy (non-hydrogen) atoms. The molecule has 1 atom stereocenters. The van der Waals surface area contributed by atoms with Crippen LogP contribution >= 0.6 is 0 Å². The predicted molar refractivity (Wildman–Crippen MR) is 89.6 cm³/mol. The number of nitrogens with one attached hydrogen (secondary N) is 1. The smallest absolute Gasteiger partial charge is 0.249 e. The molecule has 1 heterocycles. The van der Waals surface area contributed by atoms with E-state index in [2.05, 4.69) is 5.32 Å². The second kappa shape index (κ2) is 5.66. The van der Waals surface area contributed by atoms with E-state index in [1.165, 1.54) is 0 Å².